The molecule has 4 heterocycles. The predicted octanol–water partition coefficient (Wildman–Crippen LogP) is 19.7. The first-order valence-electron chi connectivity index (χ1n) is 29.2. The normalized spacial score (nSPS) is 16.9. The predicted molar refractivity (Wildman–Crippen MR) is 337 cm³/mol. The summed E-state index contributed by atoms with van der Waals surface area (Å²) in [6.07, 6.45) is 1.92. The second-order valence-corrected chi connectivity index (χ2v) is 26.6. The van der Waals surface area contributed by atoms with Crippen LogP contribution in [-0.2, 0) is 37.4 Å². The number of aromatic nitrogens is 2. The average Bonchev–Trinajstić information content (AvgIpc) is 2.95. The minimum absolute atomic E-state index is 0. The molecule has 12 rings (SSSR count). The van der Waals surface area contributed by atoms with Crippen LogP contribution in [0.3, 0.4) is 0 Å². The monoisotopic (exact) mass is 1250 g/mol. The Balaban J connectivity index is 0.00000690. The zero-order valence-corrected chi connectivity index (χ0v) is 54.1. The van der Waals surface area contributed by atoms with Gasteiger partial charge in [-0.3, -0.25) is 0 Å². The summed E-state index contributed by atoms with van der Waals surface area (Å²) >= 11 is 0. The number of rotatable bonds is 7. The second kappa shape index (κ2) is 19.3. The summed E-state index contributed by atoms with van der Waals surface area (Å²) in [7, 11) is 0. The number of aliphatic imine (C=N–C) groups is 1. The van der Waals surface area contributed by atoms with Gasteiger partial charge in [0.2, 0.25) is 0 Å². The van der Waals surface area contributed by atoms with Crippen molar-refractivity contribution in [2.45, 2.75) is 180 Å². The van der Waals surface area contributed by atoms with Gasteiger partial charge in [-0.1, -0.05) is 135 Å². The summed E-state index contributed by atoms with van der Waals surface area (Å²) in [5, 5.41) is 2.36. The van der Waals surface area contributed by atoms with Gasteiger partial charge in [-0.05, 0) is 223 Å². The third-order valence-corrected chi connectivity index (χ3v) is 19.7. The van der Waals surface area contributed by atoms with E-state index in [1.54, 1.807) is 0 Å². The van der Waals surface area contributed by atoms with Crippen LogP contribution >= 0.6 is 0 Å². The fraction of sp³-hybridized carbons (Fsp3) is 0.360. The summed E-state index contributed by atoms with van der Waals surface area (Å²) in [6.45, 7) is 48.5. The first-order valence-corrected chi connectivity index (χ1v) is 29.2. The molecule has 5 nitrogen and oxygen atoms in total. The van der Waals surface area contributed by atoms with E-state index in [0.717, 1.165) is 39.2 Å². The van der Waals surface area contributed by atoms with Crippen molar-refractivity contribution < 1.29 is 25.8 Å². The smallest absolute Gasteiger partial charge is 0.503 e. The minimum atomic E-state index is -0.632. The van der Waals surface area contributed by atoms with Crippen molar-refractivity contribution in [3.63, 3.8) is 0 Å². The van der Waals surface area contributed by atoms with Crippen LogP contribution in [0.1, 0.15) is 193 Å². The first-order chi connectivity index (χ1) is 37.7. The molecule has 0 saturated heterocycles. The number of nitrogens with zero attached hydrogens (tertiary/aromatic N) is 4. The molecule has 2 aliphatic heterocycles. The number of ether oxygens (including phenoxy) is 1. The molecule has 1 aliphatic carbocycles. The SMILES string of the molecule is Cc1cc2c([c-]c1Oc1[c-]c(C3=N[C@@H]4c5cc(C)c(C)c(C)c5-c5c(cc(C)c(C)c5C)[C@]4(C)N3c3c(C)c(C)cc(C)c3C)cc(-c3c(C(C)C)cccc3C(C)C)c1)-n1c3ncccc3c3cc(C(C)(C)C)cc(c31)C2(C)C.[Pt+2]. The maximum atomic E-state index is 7.50. The van der Waals surface area contributed by atoms with Gasteiger partial charge in [0, 0.05) is 34.2 Å². The number of pyridine rings is 1. The van der Waals surface area contributed by atoms with E-state index in [9.17, 15) is 0 Å². The number of hydrogen-bond donors (Lipinski definition) is 0. The zero-order chi connectivity index (χ0) is 57.3. The van der Waals surface area contributed by atoms with E-state index in [4.69, 9.17) is 14.7 Å². The molecule has 0 radical (unpaired) electrons. The van der Waals surface area contributed by atoms with Crippen molar-refractivity contribution in [1.29, 1.82) is 0 Å². The van der Waals surface area contributed by atoms with Crippen molar-refractivity contribution in [3.05, 3.63) is 203 Å². The Kier molecular flexibility index (Phi) is 13.4. The topological polar surface area (TPSA) is 42.6 Å². The molecule has 0 spiro atoms. The molecule has 6 heteroatoms. The van der Waals surface area contributed by atoms with Crippen LogP contribution in [0.15, 0.2) is 90.1 Å². The number of benzene rings is 7. The first kappa shape index (κ1) is 56.3. The van der Waals surface area contributed by atoms with Gasteiger partial charge in [0.05, 0.1) is 22.9 Å². The molecular weight excluding hydrogens is 1170 g/mol. The fourth-order valence-electron chi connectivity index (χ4n) is 14.3. The molecule has 0 N–H and O–H groups in total. The van der Waals surface area contributed by atoms with E-state index in [2.05, 4.69) is 246 Å². The summed E-state index contributed by atoms with van der Waals surface area (Å²) in [4.78, 5) is 14.0. The molecule has 3 aliphatic rings. The van der Waals surface area contributed by atoms with Crippen molar-refractivity contribution in [3.8, 4) is 39.4 Å². The summed E-state index contributed by atoms with van der Waals surface area (Å²) < 4.78 is 9.85. The van der Waals surface area contributed by atoms with Gasteiger partial charge in [0.25, 0.3) is 0 Å². The molecule has 0 fully saturated rings. The van der Waals surface area contributed by atoms with Crippen molar-refractivity contribution in [2.24, 2.45) is 4.99 Å². The van der Waals surface area contributed by atoms with Crippen LogP contribution in [0, 0.1) is 88.3 Å². The van der Waals surface area contributed by atoms with E-state index in [0.29, 0.717) is 11.5 Å². The molecule has 2 atom stereocenters. The maximum absolute atomic E-state index is 7.50. The van der Waals surface area contributed by atoms with Gasteiger partial charge < -0.3 is 19.2 Å². The Bertz CT molecular complexity index is 4160. The number of amidine groups is 1. The Morgan fingerprint density at radius 2 is 1.20 bits per heavy atom. The Morgan fingerprint density at radius 1 is 0.593 bits per heavy atom. The molecule has 9 aromatic rings. The molecule has 0 saturated carbocycles. The molecule has 0 bridgehead atoms. The van der Waals surface area contributed by atoms with Gasteiger partial charge in [0.15, 0.2) is 0 Å². The van der Waals surface area contributed by atoms with Gasteiger partial charge in [0.1, 0.15) is 5.65 Å². The van der Waals surface area contributed by atoms with E-state index in [1.807, 2.05) is 6.20 Å². The molecule has 0 unspecified atom stereocenters. The summed E-state index contributed by atoms with van der Waals surface area (Å²) in [6, 6.07) is 38.0. The largest absolute Gasteiger partial charge is 2.00 e. The number of fused-ring (bicyclic) bond motifs is 11. The van der Waals surface area contributed by atoms with E-state index in [-0.39, 0.29) is 49.8 Å². The second-order valence-electron chi connectivity index (χ2n) is 26.6. The molecule has 7 aromatic carbocycles. The summed E-state index contributed by atoms with van der Waals surface area (Å²) in [5.74, 6) is 2.72. The van der Waals surface area contributed by atoms with E-state index < -0.39 is 5.54 Å². The fourth-order valence-corrected chi connectivity index (χ4v) is 14.3. The number of anilines is 1. The molecule has 416 valence electrons. The van der Waals surface area contributed by atoms with Gasteiger partial charge in [-0.25, -0.2) is 4.98 Å². The maximum Gasteiger partial charge on any atom is 2.00 e. The molecular formula is C75H80N4OPt. The quantitative estimate of drug-likeness (QED) is 0.149. The van der Waals surface area contributed by atoms with Crippen LogP contribution in [0.2, 0.25) is 0 Å². The van der Waals surface area contributed by atoms with E-state index >= 15 is 0 Å². The van der Waals surface area contributed by atoms with Crippen LogP contribution in [0.4, 0.5) is 5.69 Å². The third kappa shape index (κ3) is 8.15. The Hall–Kier alpha value is -6.55. The van der Waals surface area contributed by atoms with E-state index in [1.165, 1.54) is 128 Å². The number of hydrogen-bond acceptors (Lipinski definition) is 4. The van der Waals surface area contributed by atoms with Gasteiger partial charge in [-0.2, -0.15) is 6.07 Å². The molecule has 0 amide bonds. The van der Waals surface area contributed by atoms with Crippen LogP contribution in [0.25, 0.3) is 49.9 Å². The molecule has 2 aromatic heterocycles. The van der Waals surface area contributed by atoms with Crippen molar-refractivity contribution >= 4 is 33.5 Å². The minimum Gasteiger partial charge on any atom is -0.503 e. The zero-order valence-electron chi connectivity index (χ0n) is 51.8. The Labute approximate surface area is 497 Å². The molecule has 81 heavy (non-hydrogen) atoms. The standard InChI is InChI=1S/C75H80N4O.Pt/c1-38(2)55-24-22-25-56(39(3)4)67(55)51-32-52(34-54(33-51)80-64-37-63-60(31-44(64)9)74(19,20)62-36-53(73(16,17)18)35-58-57-26-23-27-76-72(57)78(63)69(58)62)71-77-70-59-29-42(7)45(10)49(14)65(59)66-50(15)46(11)43(8)30-61(66)75(70,21)79(71)68-47(12)40(5)28-41(6)48(68)13;/h22-33,35-36,38-39,70H,1-21H3;/q-2;+2/t70-,75+;/m1./s1. The Morgan fingerprint density at radius 3 is 1.83 bits per heavy atom. The van der Waals surface area contributed by atoms with Crippen LogP contribution in [0.5, 0.6) is 11.5 Å². The van der Waals surface area contributed by atoms with Crippen molar-refractivity contribution in [2.75, 3.05) is 4.90 Å². The third-order valence-electron chi connectivity index (χ3n) is 19.7. The number of aryl methyl sites for hydroxylation is 5. The van der Waals surface area contributed by atoms with Crippen molar-refractivity contribution in [1.82, 2.24) is 9.55 Å². The van der Waals surface area contributed by atoms with Crippen LogP contribution in [-0.4, -0.2) is 15.4 Å². The van der Waals surface area contributed by atoms with Gasteiger partial charge in [-0.15, -0.1) is 28.8 Å². The summed E-state index contributed by atoms with van der Waals surface area (Å²) in [5.41, 5.74) is 32.2. The average molecular weight is 1250 g/mol. The van der Waals surface area contributed by atoms with Crippen LogP contribution < -0.4 is 9.64 Å². The van der Waals surface area contributed by atoms with Gasteiger partial charge >= 0.3 is 21.1 Å².